The molecule has 2 N–H and O–H groups in total. The summed E-state index contributed by atoms with van der Waals surface area (Å²) >= 11 is 0. The summed E-state index contributed by atoms with van der Waals surface area (Å²) in [6, 6.07) is 8.12. The van der Waals surface area contributed by atoms with Gasteiger partial charge in [0.2, 0.25) is 9.84 Å². The van der Waals surface area contributed by atoms with Crippen molar-refractivity contribution in [3.8, 4) is 0 Å². The van der Waals surface area contributed by atoms with Crippen molar-refractivity contribution in [3.05, 3.63) is 57.5 Å². The van der Waals surface area contributed by atoms with E-state index in [1.807, 2.05) is 0 Å². The van der Waals surface area contributed by atoms with E-state index >= 15 is 0 Å². The molecule has 8 nitrogen and oxygen atoms in total. The van der Waals surface area contributed by atoms with Crippen molar-refractivity contribution >= 4 is 32.0 Å². The SMILES string of the molecule is O=c1[nH]c2cc(S(=O)(=O)c3ccc4oc(=O)[nH]c4c3)ccc2o1. The first-order valence-corrected chi connectivity index (χ1v) is 7.93. The standard InChI is InChI=1S/C14H8N2O6S/c17-13-15-9-5-7(1-3-11(9)21-13)23(19,20)8-2-4-12-10(6-8)16-14(18)22-12/h1-6H,(H,15,17)(H,16,18). The minimum Gasteiger partial charge on any atom is -0.408 e. The Morgan fingerprint density at radius 1 is 0.739 bits per heavy atom. The van der Waals surface area contributed by atoms with Crippen molar-refractivity contribution in [1.82, 2.24) is 9.97 Å². The molecule has 9 heteroatoms. The van der Waals surface area contributed by atoms with Crippen molar-refractivity contribution in [2.45, 2.75) is 9.79 Å². The van der Waals surface area contributed by atoms with Gasteiger partial charge in [0.05, 0.1) is 20.8 Å². The summed E-state index contributed by atoms with van der Waals surface area (Å²) in [7, 11) is -3.83. The van der Waals surface area contributed by atoms with Gasteiger partial charge in [-0.25, -0.2) is 18.0 Å². The molecule has 4 aromatic rings. The van der Waals surface area contributed by atoms with Crippen LogP contribution in [0.2, 0.25) is 0 Å². The monoisotopic (exact) mass is 332 g/mol. The first kappa shape index (κ1) is 13.6. The van der Waals surface area contributed by atoms with Crippen molar-refractivity contribution in [2.75, 3.05) is 0 Å². The molecule has 0 saturated carbocycles. The van der Waals surface area contributed by atoms with Gasteiger partial charge in [-0.2, -0.15) is 0 Å². The van der Waals surface area contributed by atoms with E-state index in [9.17, 15) is 18.0 Å². The second-order valence-electron chi connectivity index (χ2n) is 4.85. The highest BCUT2D eigenvalue weighted by Crippen LogP contribution is 2.25. The maximum Gasteiger partial charge on any atom is 0.417 e. The van der Waals surface area contributed by atoms with E-state index in [4.69, 9.17) is 8.83 Å². The quantitative estimate of drug-likeness (QED) is 0.571. The number of benzene rings is 2. The number of H-pyrrole nitrogens is 2. The Bertz CT molecular complexity index is 1180. The Morgan fingerprint density at radius 2 is 1.17 bits per heavy atom. The van der Waals surface area contributed by atoms with Crippen LogP contribution in [-0.2, 0) is 9.84 Å². The first-order chi connectivity index (χ1) is 10.9. The van der Waals surface area contributed by atoms with Crippen LogP contribution in [0, 0.1) is 0 Å². The van der Waals surface area contributed by atoms with E-state index in [1.165, 1.54) is 36.4 Å². The maximum atomic E-state index is 12.7. The van der Waals surface area contributed by atoms with Crippen LogP contribution in [0.1, 0.15) is 0 Å². The molecule has 2 heterocycles. The highest BCUT2D eigenvalue weighted by Gasteiger charge is 2.20. The fraction of sp³-hybridized carbons (Fsp3) is 0. The number of oxazole rings is 2. The van der Waals surface area contributed by atoms with Crippen LogP contribution >= 0.6 is 0 Å². The van der Waals surface area contributed by atoms with Gasteiger partial charge in [-0.3, -0.25) is 9.97 Å². The number of hydrogen-bond donors (Lipinski definition) is 2. The van der Waals surface area contributed by atoms with Gasteiger partial charge in [0.1, 0.15) is 0 Å². The van der Waals surface area contributed by atoms with Gasteiger partial charge in [-0.1, -0.05) is 0 Å². The summed E-state index contributed by atoms with van der Waals surface area (Å²) in [4.78, 5) is 27.1. The summed E-state index contributed by atoms with van der Waals surface area (Å²) in [5.41, 5.74) is 1.11. The fourth-order valence-electron chi connectivity index (χ4n) is 2.33. The molecule has 2 aromatic heterocycles. The number of aromatic nitrogens is 2. The van der Waals surface area contributed by atoms with Gasteiger partial charge in [0.15, 0.2) is 11.2 Å². The molecule has 0 aliphatic heterocycles. The lowest BCUT2D eigenvalue weighted by atomic mass is 10.3. The van der Waals surface area contributed by atoms with Crippen LogP contribution in [-0.4, -0.2) is 18.4 Å². The minimum atomic E-state index is -3.83. The lowest BCUT2D eigenvalue weighted by Crippen LogP contribution is -2.02. The molecular weight excluding hydrogens is 324 g/mol. The number of sulfone groups is 1. The van der Waals surface area contributed by atoms with E-state index < -0.39 is 21.3 Å². The largest absolute Gasteiger partial charge is 0.417 e. The second-order valence-corrected chi connectivity index (χ2v) is 6.80. The molecule has 116 valence electrons. The average Bonchev–Trinajstić information content (AvgIpc) is 3.05. The molecule has 2 aromatic carbocycles. The highest BCUT2D eigenvalue weighted by atomic mass is 32.2. The fourth-order valence-corrected chi connectivity index (χ4v) is 3.65. The van der Waals surface area contributed by atoms with E-state index in [1.54, 1.807) is 0 Å². The third-order valence-corrected chi connectivity index (χ3v) is 5.15. The van der Waals surface area contributed by atoms with E-state index in [-0.39, 0.29) is 32.0 Å². The predicted molar refractivity (Wildman–Crippen MR) is 79.1 cm³/mol. The zero-order valence-corrected chi connectivity index (χ0v) is 12.1. The zero-order valence-electron chi connectivity index (χ0n) is 11.3. The van der Waals surface area contributed by atoms with Crippen LogP contribution in [0.15, 0.2) is 64.6 Å². The van der Waals surface area contributed by atoms with Crippen molar-refractivity contribution in [2.24, 2.45) is 0 Å². The summed E-state index contributed by atoms with van der Waals surface area (Å²) in [6.45, 7) is 0. The Kier molecular flexibility index (Phi) is 2.64. The average molecular weight is 332 g/mol. The highest BCUT2D eigenvalue weighted by molar-refractivity contribution is 7.91. The number of fused-ring (bicyclic) bond motifs is 2. The van der Waals surface area contributed by atoms with E-state index in [0.717, 1.165) is 0 Å². The van der Waals surface area contributed by atoms with Gasteiger partial charge in [0.25, 0.3) is 0 Å². The van der Waals surface area contributed by atoms with Gasteiger partial charge < -0.3 is 8.83 Å². The third-order valence-electron chi connectivity index (χ3n) is 3.40. The van der Waals surface area contributed by atoms with E-state index in [2.05, 4.69) is 9.97 Å². The summed E-state index contributed by atoms with van der Waals surface area (Å²) < 4.78 is 35.1. The van der Waals surface area contributed by atoms with Crippen molar-refractivity contribution in [3.63, 3.8) is 0 Å². The van der Waals surface area contributed by atoms with Gasteiger partial charge in [-0.15, -0.1) is 0 Å². The number of rotatable bonds is 2. The lowest BCUT2D eigenvalue weighted by Gasteiger charge is -2.04. The summed E-state index contributed by atoms with van der Waals surface area (Å²) in [6.07, 6.45) is 0. The van der Waals surface area contributed by atoms with Crippen LogP contribution in [0.25, 0.3) is 22.2 Å². The van der Waals surface area contributed by atoms with Crippen molar-refractivity contribution in [1.29, 1.82) is 0 Å². The Labute approximate surface area is 127 Å². The number of aromatic amines is 2. The predicted octanol–water partition coefficient (Wildman–Crippen LogP) is 1.39. The number of hydrogen-bond acceptors (Lipinski definition) is 6. The van der Waals surface area contributed by atoms with Crippen molar-refractivity contribution < 1.29 is 17.3 Å². The maximum absolute atomic E-state index is 12.7. The third kappa shape index (κ3) is 2.09. The van der Waals surface area contributed by atoms with Crippen LogP contribution in [0.4, 0.5) is 0 Å². The number of nitrogens with one attached hydrogen (secondary N) is 2. The molecule has 23 heavy (non-hydrogen) atoms. The van der Waals surface area contributed by atoms with Gasteiger partial charge in [0, 0.05) is 0 Å². The summed E-state index contributed by atoms with van der Waals surface area (Å²) in [5, 5.41) is 0. The Morgan fingerprint density at radius 3 is 1.61 bits per heavy atom. The molecule has 0 spiro atoms. The molecule has 0 saturated heterocycles. The minimum absolute atomic E-state index is 0.00718. The van der Waals surface area contributed by atoms with Crippen LogP contribution in [0.3, 0.4) is 0 Å². The van der Waals surface area contributed by atoms with Crippen LogP contribution < -0.4 is 11.5 Å². The zero-order chi connectivity index (χ0) is 16.2. The molecule has 4 rings (SSSR count). The normalized spacial score (nSPS) is 12.2. The Hall–Kier alpha value is -3.07. The molecule has 0 atom stereocenters. The van der Waals surface area contributed by atoms with Crippen LogP contribution in [0.5, 0.6) is 0 Å². The Balaban J connectivity index is 1.92. The van der Waals surface area contributed by atoms with E-state index in [0.29, 0.717) is 0 Å². The molecule has 0 fully saturated rings. The molecule has 0 amide bonds. The molecule has 0 bridgehead atoms. The molecule has 0 unspecified atom stereocenters. The first-order valence-electron chi connectivity index (χ1n) is 6.44. The van der Waals surface area contributed by atoms with Gasteiger partial charge in [-0.05, 0) is 36.4 Å². The molecule has 0 aliphatic carbocycles. The molecule has 0 aliphatic rings. The summed E-state index contributed by atoms with van der Waals surface area (Å²) in [5.74, 6) is -1.32. The molecule has 0 radical (unpaired) electrons. The lowest BCUT2D eigenvalue weighted by molar-refractivity contribution is 0.555. The molecular formula is C14H8N2O6S. The smallest absolute Gasteiger partial charge is 0.408 e. The van der Waals surface area contributed by atoms with Gasteiger partial charge >= 0.3 is 11.5 Å². The second kappa shape index (κ2) is 4.46. The topological polar surface area (TPSA) is 126 Å².